The van der Waals surface area contributed by atoms with Gasteiger partial charge in [0.25, 0.3) is 5.91 Å². The van der Waals surface area contributed by atoms with Gasteiger partial charge in [0.15, 0.2) is 0 Å². The van der Waals surface area contributed by atoms with E-state index in [-0.39, 0.29) is 24.1 Å². The fourth-order valence-corrected chi connectivity index (χ4v) is 2.50. The Hall–Kier alpha value is -1.62. The minimum absolute atomic E-state index is 0.0136. The van der Waals surface area contributed by atoms with Crippen LogP contribution in [0.15, 0.2) is 18.2 Å². The highest BCUT2D eigenvalue weighted by Crippen LogP contribution is 2.21. The predicted octanol–water partition coefficient (Wildman–Crippen LogP) is 1.79. The Labute approximate surface area is 112 Å². The summed E-state index contributed by atoms with van der Waals surface area (Å²) in [7, 11) is 0. The number of nitrogen functional groups attached to an aromatic ring is 1. The van der Waals surface area contributed by atoms with Gasteiger partial charge in [0.2, 0.25) is 0 Å². The zero-order valence-corrected chi connectivity index (χ0v) is 10.8. The quantitative estimate of drug-likeness (QED) is 0.802. The molecule has 3 N–H and O–H groups in total. The van der Waals surface area contributed by atoms with Crippen LogP contribution in [0.25, 0.3) is 0 Å². The van der Waals surface area contributed by atoms with Crippen molar-refractivity contribution in [3.05, 3.63) is 29.6 Å². The number of hydrogen-bond acceptors (Lipinski definition) is 3. The van der Waals surface area contributed by atoms with Crippen molar-refractivity contribution in [1.29, 1.82) is 0 Å². The summed E-state index contributed by atoms with van der Waals surface area (Å²) >= 11 is 0. The van der Waals surface area contributed by atoms with Crippen molar-refractivity contribution in [2.24, 2.45) is 0 Å². The third-order valence-corrected chi connectivity index (χ3v) is 3.57. The maximum atomic E-state index is 13.7. The van der Waals surface area contributed by atoms with Crippen molar-refractivity contribution < 1.29 is 14.3 Å². The zero-order valence-electron chi connectivity index (χ0n) is 10.8. The first-order valence-electron chi connectivity index (χ1n) is 6.60. The maximum Gasteiger partial charge on any atom is 0.257 e. The van der Waals surface area contributed by atoms with E-state index < -0.39 is 5.82 Å². The van der Waals surface area contributed by atoms with E-state index in [4.69, 9.17) is 5.73 Å². The first-order chi connectivity index (χ1) is 9.13. The smallest absolute Gasteiger partial charge is 0.257 e. The molecule has 1 aliphatic heterocycles. The van der Waals surface area contributed by atoms with Gasteiger partial charge in [-0.1, -0.05) is 12.8 Å². The van der Waals surface area contributed by atoms with Crippen LogP contribution in [0, 0.1) is 5.82 Å². The monoisotopic (exact) mass is 266 g/mol. The van der Waals surface area contributed by atoms with E-state index in [1.54, 1.807) is 4.90 Å². The molecule has 4 nitrogen and oxygen atoms in total. The highest BCUT2D eigenvalue weighted by atomic mass is 19.1. The lowest BCUT2D eigenvalue weighted by Gasteiger charge is -2.28. The minimum Gasteiger partial charge on any atom is -0.399 e. The fourth-order valence-electron chi connectivity index (χ4n) is 2.50. The molecule has 0 saturated carbocycles. The van der Waals surface area contributed by atoms with E-state index in [1.807, 2.05) is 0 Å². The number of amides is 1. The predicted molar refractivity (Wildman–Crippen MR) is 71.2 cm³/mol. The Kier molecular flexibility index (Phi) is 4.37. The third kappa shape index (κ3) is 3.04. The van der Waals surface area contributed by atoms with Crippen molar-refractivity contribution in [2.45, 2.75) is 31.7 Å². The molecule has 1 saturated heterocycles. The van der Waals surface area contributed by atoms with Gasteiger partial charge in [-0.3, -0.25) is 4.79 Å². The highest BCUT2D eigenvalue weighted by molar-refractivity contribution is 5.95. The molecule has 1 heterocycles. The number of halogens is 1. The molecule has 1 atom stereocenters. The highest BCUT2D eigenvalue weighted by Gasteiger charge is 2.27. The van der Waals surface area contributed by atoms with Crippen LogP contribution in [0.4, 0.5) is 10.1 Å². The standard InChI is InChI=1S/C14H19FN2O2/c15-13-6-5-10(16)8-12(13)14(19)17-7-3-1-2-4-11(17)9-18/h5-6,8,11,18H,1-4,7,9,16H2. The number of benzene rings is 1. The molecule has 2 rings (SSSR count). The van der Waals surface area contributed by atoms with Crippen molar-refractivity contribution in [3.63, 3.8) is 0 Å². The summed E-state index contributed by atoms with van der Waals surface area (Å²) < 4.78 is 13.7. The van der Waals surface area contributed by atoms with Gasteiger partial charge in [-0.05, 0) is 31.0 Å². The molecule has 1 fully saturated rings. The topological polar surface area (TPSA) is 66.6 Å². The number of nitrogens with two attached hydrogens (primary N) is 1. The van der Waals surface area contributed by atoms with Crippen molar-refractivity contribution in [2.75, 3.05) is 18.9 Å². The molecule has 1 amide bonds. The number of likely N-dealkylation sites (tertiary alicyclic amines) is 1. The summed E-state index contributed by atoms with van der Waals surface area (Å²) in [6.07, 6.45) is 3.65. The van der Waals surface area contributed by atoms with Gasteiger partial charge in [0, 0.05) is 12.2 Å². The summed E-state index contributed by atoms with van der Waals surface area (Å²) in [6, 6.07) is 3.76. The van der Waals surface area contributed by atoms with E-state index in [0.29, 0.717) is 12.2 Å². The summed E-state index contributed by atoms with van der Waals surface area (Å²) in [6.45, 7) is 0.466. The number of nitrogens with zero attached hydrogens (tertiary/aromatic N) is 1. The average molecular weight is 266 g/mol. The molecule has 0 aromatic heterocycles. The molecule has 104 valence electrons. The number of hydrogen-bond donors (Lipinski definition) is 2. The SMILES string of the molecule is Nc1ccc(F)c(C(=O)N2CCCCCC2CO)c1. The number of carbonyl (C=O) groups is 1. The van der Waals surface area contributed by atoms with Crippen LogP contribution in [-0.4, -0.2) is 35.1 Å². The molecule has 1 aromatic rings. The number of aliphatic hydroxyl groups is 1. The van der Waals surface area contributed by atoms with Gasteiger partial charge in [-0.2, -0.15) is 0 Å². The first-order valence-corrected chi connectivity index (χ1v) is 6.60. The van der Waals surface area contributed by atoms with Gasteiger partial charge in [0.1, 0.15) is 5.82 Å². The number of aliphatic hydroxyl groups excluding tert-OH is 1. The van der Waals surface area contributed by atoms with Crippen LogP contribution >= 0.6 is 0 Å². The second-order valence-electron chi connectivity index (χ2n) is 4.92. The Morgan fingerprint density at radius 1 is 1.42 bits per heavy atom. The van der Waals surface area contributed by atoms with Gasteiger partial charge in [-0.25, -0.2) is 4.39 Å². The number of rotatable bonds is 2. The van der Waals surface area contributed by atoms with Gasteiger partial charge >= 0.3 is 0 Å². The fraction of sp³-hybridized carbons (Fsp3) is 0.500. The Morgan fingerprint density at radius 2 is 2.21 bits per heavy atom. The second kappa shape index (κ2) is 6.02. The van der Waals surface area contributed by atoms with Crippen LogP contribution in [0.2, 0.25) is 0 Å². The molecule has 0 spiro atoms. The molecular formula is C14H19FN2O2. The summed E-state index contributed by atoms with van der Waals surface area (Å²) in [5.41, 5.74) is 5.95. The van der Waals surface area contributed by atoms with Gasteiger partial charge < -0.3 is 15.7 Å². The van der Waals surface area contributed by atoms with E-state index in [9.17, 15) is 14.3 Å². The van der Waals surface area contributed by atoms with Crippen LogP contribution in [-0.2, 0) is 0 Å². The summed E-state index contributed by atoms with van der Waals surface area (Å²) in [5.74, 6) is -0.953. The molecule has 1 aliphatic rings. The normalized spacial score (nSPS) is 20.1. The van der Waals surface area contributed by atoms with E-state index in [1.165, 1.54) is 18.2 Å². The molecule has 0 aliphatic carbocycles. The maximum absolute atomic E-state index is 13.7. The Balaban J connectivity index is 2.27. The molecule has 0 bridgehead atoms. The van der Waals surface area contributed by atoms with Crippen LogP contribution < -0.4 is 5.73 Å². The molecule has 0 radical (unpaired) electrons. The molecule has 1 unspecified atom stereocenters. The minimum atomic E-state index is -0.569. The van der Waals surface area contributed by atoms with Crippen LogP contribution in [0.1, 0.15) is 36.0 Å². The summed E-state index contributed by atoms with van der Waals surface area (Å²) in [5, 5.41) is 9.39. The van der Waals surface area contributed by atoms with Gasteiger partial charge in [0.05, 0.1) is 18.2 Å². The summed E-state index contributed by atoms with van der Waals surface area (Å²) in [4.78, 5) is 14.0. The molecule has 19 heavy (non-hydrogen) atoms. The van der Waals surface area contributed by atoms with E-state index in [0.717, 1.165) is 25.7 Å². The van der Waals surface area contributed by atoms with E-state index in [2.05, 4.69) is 0 Å². The average Bonchev–Trinajstić information content (AvgIpc) is 2.65. The van der Waals surface area contributed by atoms with E-state index >= 15 is 0 Å². The lowest BCUT2D eigenvalue weighted by atomic mass is 10.1. The first kappa shape index (κ1) is 13.8. The van der Waals surface area contributed by atoms with Crippen molar-refractivity contribution in [3.8, 4) is 0 Å². The van der Waals surface area contributed by atoms with Crippen molar-refractivity contribution in [1.82, 2.24) is 4.90 Å². The van der Waals surface area contributed by atoms with Crippen LogP contribution in [0.3, 0.4) is 0 Å². The largest absolute Gasteiger partial charge is 0.399 e. The third-order valence-electron chi connectivity index (χ3n) is 3.57. The van der Waals surface area contributed by atoms with Crippen LogP contribution in [0.5, 0.6) is 0 Å². The van der Waals surface area contributed by atoms with Crippen molar-refractivity contribution >= 4 is 11.6 Å². The number of anilines is 1. The second-order valence-corrected chi connectivity index (χ2v) is 4.92. The van der Waals surface area contributed by atoms with Gasteiger partial charge in [-0.15, -0.1) is 0 Å². The Bertz CT molecular complexity index is 465. The molecule has 5 heteroatoms. The molecule has 1 aromatic carbocycles. The molecular weight excluding hydrogens is 247 g/mol. The number of carbonyl (C=O) groups excluding carboxylic acids is 1. The Morgan fingerprint density at radius 3 is 2.95 bits per heavy atom. The lowest BCUT2D eigenvalue weighted by molar-refractivity contribution is 0.0595. The zero-order chi connectivity index (χ0) is 13.8. The lowest BCUT2D eigenvalue weighted by Crippen LogP contribution is -2.42.